The minimum atomic E-state index is -0.460. The van der Waals surface area contributed by atoms with E-state index in [2.05, 4.69) is 4.89 Å². The van der Waals surface area contributed by atoms with Gasteiger partial charge in [-0.3, -0.25) is 9.78 Å². The summed E-state index contributed by atoms with van der Waals surface area (Å²) < 4.78 is 0. The highest BCUT2D eigenvalue weighted by Gasteiger charge is 1.99. The molecule has 3 nitrogen and oxygen atoms in total. The van der Waals surface area contributed by atoms with E-state index >= 15 is 0 Å². The third-order valence-electron chi connectivity index (χ3n) is 1.73. The zero-order chi connectivity index (χ0) is 9.84. The van der Waals surface area contributed by atoms with Gasteiger partial charge in [-0.25, -0.2) is 4.79 Å². The summed E-state index contributed by atoms with van der Waals surface area (Å²) in [4.78, 5) is 19.6. The van der Waals surface area contributed by atoms with Crippen molar-refractivity contribution in [3.05, 3.63) is 29.3 Å². The molecule has 0 radical (unpaired) electrons. The van der Waals surface area contributed by atoms with Crippen LogP contribution in [0.5, 0.6) is 5.75 Å². The van der Waals surface area contributed by atoms with E-state index in [1.54, 1.807) is 6.07 Å². The molecular weight excluding hydrogens is 168 g/mol. The lowest BCUT2D eigenvalue weighted by molar-refractivity contribution is -0.210. The molecule has 13 heavy (non-hydrogen) atoms. The number of carbonyl (C=O) groups excluding carboxylic acids is 1. The van der Waals surface area contributed by atoms with Crippen LogP contribution in [0.15, 0.2) is 18.2 Å². The zero-order valence-electron chi connectivity index (χ0n) is 7.96. The number of carbonyl (C=O) groups is 1. The molecule has 0 amide bonds. The molecule has 0 aliphatic rings. The summed E-state index contributed by atoms with van der Waals surface area (Å²) in [6.07, 6.45) is 0. The Balaban J connectivity index is 2.68. The van der Waals surface area contributed by atoms with Gasteiger partial charge in [0.2, 0.25) is 0 Å². The van der Waals surface area contributed by atoms with Crippen molar-refractivity contribution in [1.82, 2.24) is 0 Å². The standard InChI is InChI=1S/C10H12O3/c1-7-4-5-10(6-8(7)2)13-12-9(3)11/h4-6H,1-3H3. The fourth-order valence-corrected chi connectivity index (χ4v) is 0.873. The normalized spacial score (nSPS) is 9.46. The molecule has 0 saturated carbocycles. The molecule has 1 aromatic rings. The summed E-state index contributed by atoms with van der Waals surface area (Å²) in [6, 6.07) is 5.48. The van der Waals surface area contributed by atoms with Gasteiger partial charge in [-0.15, -0.1) is 0 Å². The maximum absolute atomic E-state index is 10.4. The molecule has 0 bridgehead atoms. The summed E-state index contributed by atoms with van der Waals surface area (Å²) in [7, 11) is 0. The van der Waals surface area contributed by atoms with Gasteiger partial charge in [0.1, 0.15) is 0 Å². The predicted molar refractivity (Wildman–Crippen MR) is 48.3 cm³/mol. The average Bonchev–Trinajstić information content (AvgIpc) is 2.07. The van der Waals surface area contributed by atoms with Crippen LogP contribution in [0.25, 0.3) is 0 Å². The Morgan fingerprint density at radius 2 is 1.92 bits per heavy atom. The van der Waals surface area contributed by atoms with Gasteiger partial charge >= 0.3 is 5.97 Å². The molecule has 70 valence electrons. The molecule has 0 aromatic heterocycles. The highest BCUT2D eigenvalue weighted by molar-refractivity contribution is 5.65. The lowest BCUT2D eigenvalue weighted by atomic mass is 10.1. The van der Waals surface area contributed by atoms with Crippen LogP contribution in [0.4, 0.5) is 0 Å². The highest BCUT2D eigenvalue weighted by Crippen LogP contribution is 2.16. The minimum Gasteiger partial charge on any atom is -0.287 e. The number of hydrogen-bond acceptors (Lipinski definition) is 3. The van der Waals surface area contributed by atoms with Crippen molar-refractivity contribution in [2.75, 3.05) is 0 Å². The number of hydrogen-bond donors (Lipinski definition) is 0. The molecule has 0 heterocycles. The Morgan fingerprint density at radius 1 is 1.23 bits per heavy atom. The first-order valence-electron chi connectivity index (χ1n) is 4.02. The first kappa shape index (κ1) is 9.58. The second-order valence-electron chi connectivity index (χ2n) is 2.90. The lowest BCUT2D eigenvalue weighted by Gasteiger charge is -2.04. The molecule has 1 rings (SSSR count). The average molecular weight is 180 g/mol. The summed E-state index contributed by atoms with van der Waals surface area (Å²) in [5.74, 6) is 0.0801. The molecule has 0 spiro atoms. The minimum absolute atomic E-state index is 0.460. The lowest BCUT2D eigenvalue weighted by Crippen LogP contribution is -2.02. The van der Waals surface area contributed by atoms with E-state index in [0.29, 0.717) is 5.75 Å². The van der Waals surface area contributed by atoms with Gasteiger partial charge in [0.25, 0.3) is 0 Å². The van der Waals surface area contributed by atoms with Crippen LogP contribution in [0.1, 0.15) is 18.1 Å². The molecule has 0 N–H and O–H groups in total. The molecule has 0 aliphatic carbocycles. The summed E-state index contributed by atoms with van der Waals surface area (Å²) in [6.45, 7) is 5.27. The Labute approximate surface area is 77.2 Å². The maximum atomic E-state index is 10.4. The van der Waals surface area contributed by atoms with Gasteiger partial charge in [0, 0.05) is 6.92 Å². The fourth-order valence-electron chi connectivity index (χ4n) is 0.873. The number of benzene rings is 1. The van der Waals surface area contributed by atoms with Crippen LogP contribution in [0.2, 0.25) is 0 Å². The monoisotopic (exact) mass is 180 g/mol. The summed E-state index contributed by atoms with van der Waals surface area (Å²) in [5.41, 5.74) is 2.28. The summed E-state index contributed by atoms with van der Waals surface area (Å²) >= 11 is 0. The van der Waals surface area contributed by atoms with E-state index in [9.17, 15) is 4.79 Å². The van der Waals surface area contributed by atoms with Crippen molar-refractivity contribution in [1.29, 1.82) is 0 Å². The molecule has 0 unspecified atom stereocenters. The molecule has 3 heteroatoms. The van der Waals surface area contributed by atoms with Gasteiger partial charge in [0.15, 0.2) is 5.75 Å². The third kappa shape index (κ3) is 2.78. The molecule has 0 fully saturated rings. The van der Waals surface area contributed by atoms with Crippen LogP contribution >= 0.6 is 0 Å². The van der Waals surface area contributed by atoms with Crippen molar-refractivity contribution >= 4 is 5.97 Å². The Hall–Kier alpha value is -1.51. The molecule has 0 atom stereocenters. The Bertz CT molecular complexity index is 318. The van der Waals surface area contributed by atoms with Crippen LogP contribution < -0.4 is 4.89 Å². The first-order chi connectivity index (χ1) is 6.09. The van der Waals surface area contributed by atoms with Gasteiger partial charge in [0.05, 0.1) is 0 Å². The Kier molecular flexibility index (Phi) is 2.90. The van der Waals surface area contributed by atoms with E-state index < -0.39 is 5.97 Å². The SMILES string of the molecule is CC(=O)OOc1ccc(C)c(C)c1. The smallest absolute Gasteiger partial charge is 0.287 e. The second-order valence-corrected chi connectivity index (χ2v) is 2.90. The zero-order valence-corrected chi connectivity index (χ0v) is 7.96. The largest absolute Gasteiger partial charge is 0.352 e. The van der Waals surface area contributed by atoms with Gasteiger partial charge in [-0.2, -0.15) is 0 Å². The summed E-state index contributed by atoms with van der Waals surface area (Å²) in [5, 5.41) is 0. The maximum Gasteiger partial charge on any atom is 0.352 e. The van der Waals surface area contributed by atoms with E-state index in [4.69, 9.17) is 4.89 Å². The van der Waals surface area contributed by atoms with Gasteiger partial charge < -0.3 is 0 Å². The Morgan fingerprint density at radius 3 is 2.46 bits per heavy atom. The topological polar surface area (TPSA) is 35.5 Å². The van der Waals surface area contributed by atoms with Crippen LogP contribution in [-0.4, -0.2) is 5.97 Å². The van der Waals surface area contributed by atoms with E-state index in [1.165, 1.54) is 12.5 Å². The first-order valence-corrected chi connectivity index (χ1v) is 4.02. The van der Waals surface area contributed by atoms with Crippen molar-refractivity contribution in [2.45, 2.75) is 20.8 Å². The van der Waals surface area contributed by atoms with Crippen LogP contribution in [0.3, 0.4) is 0 Å². The quantitative estimate of drug-likeness (QED) is 0.516. The van der Waals surface area contributed by atoms with Crippen molar-refractivity contribution in [3.63, 3.8) is 0 Å². The molecule has 0 aliphatic heterocycles. The van der Waals surface area contributed by atoms with E-state index in [1.807, 2.05) is 26.0 Å². The third-order valence-corrected chi connectivity index (χ3v) is 1.73. The van der Waals surface area contributed by atoms with Crippen molar-refractivity contribution in [2.24, 2.45) is 0 Å². The van der Waals surface area contributed by atoms with Crippen molar-refractivity contribution < 1.29 is 14.6 Å². The van der Waals surface area contributed by atoms with E-state index in [0.717, 1.165) is 5.56 Å². The van der Waals surface area contributed by atoms with E-state index in [-0.39, 0.29) is 0 Å². The molecule has 0 saturated heterocycles. The number of rotatable bonds is 2. The van der Waals surface area contributed by atoms with Gasteiger partial charge in [-0.05, 0) is 37.1 Å². The van der Waals surface area contributed by atoms with Crippen LogP contribution in [0, 0.1) is 13.8 Å². The van der Waals surface area contributed by atoms with Gasteiger partial charge in [-0.1, -0.05) is 6.07 Å². The fraction of sp³-hybridized carbons (Fsp3) is 0.300. The second kappa shape index (κ2) is 3.94. The van der Waals surface area contributed by atoms with Crippen LogP contribution in [-0.2, 0) is 9.68 Å². The number of aryl methyl sites for hydroxylation is 2. The van der Waals surface area contributed by atoms with Crippen molar-refractivity contribution in [3.8, 4) is 5.75 Å². The highest BCUT2D eigenvalue weighted by atomic mass is 17.2. The molecule has 1 aromatic carbocycles. The molecular formula is C10H12O3. The predicted octanol–water partition coefficient (Wildman–Crippen LogP) is 2.16.